The first-order valence-electron chi connectivity index (χ1n) is 5.75. The molecule has 1 aromatic carbocycles. The summed E-state index contributed by atoms with van der Waals surface area (Å²) in [7, 11) is 0. The molecule has 5 heteroatoms. The molecule has 2 aromatic rings. The highest BCUT2D eigenvalue weighted by Crippen LogP contribution is 2.24. The summed E-state index contributed by atoms with van der Waals surface area (Å²) in [5, 5.41) is 9.37. The fourth-order valence-corrected chi connectivity index (χ4v) is 1.62. The second-order valence-electron chi connectivity index (χ2n) is 3.79. The predicted molar refractivity (Wildman–Crippen MR) is 68.9 cm³/mol. The molecule has 1 aromatic heterocycles. The Morgan fingerprint density at radius 3 is 2.89 bits per heavy atom. The fourth-order valence-electron chi connectivity index (χ4n) is 1.62. The first-order valence-corrected chi connectivity index (χ1v) is 5.75. The average molecular weight is 245 g/mol. The Kier molecular flexibility index (Phi) is 3.62. The van der Waals surface area contributed by atoms with Crippen LogP contribution in [0, 0.1) is 6.92 Å². The second kappa shape index (κ2) is 5.35. The molecule has 0 aliphatic heterocycles. The number of benzene rings is 1. The van der Waals surface area contributed by atoms with Gasteiger partial charge in [0, 0.05) is 5.69 Å². The number of hydrogen-bond acceptors (Lipinski definition) is 3. The Hall–Kier alpha value is -2.30. The van der Waals surface area contributed by atoms with Crippen LogP contribution in [0.5, 0.6) is 5.75 Å². The number of ether oxygens (including phenoxy) is 1. The van der Waals surface area contributed by atoms with Gasteiger partial charge in [-0.25, -0.2) is 0 Å². The number of aryl methyl sites for hydroxylation is 1. The van der Waals surface area contributed by atoms with Crippen molar-refractivity contribution in [2.24, 2.45) is 0 Å². The summed E-state index contributed by atoms with van der Waals surface area (Å²) in [5.74, 6) is 0.461. The topological polar surface area (TPSA) is 67.0 Å². The third kappa shape index (κ3) is 2.51. The third-order valence-electron chi connectivity index (χ3n) is 2.51. The molecule has 1 amide bonds. The van der Waals surface area contributed by atoms with Gasteiger partial charge in [0.05, 0.1) is 24.1 Å². The minimum Gasteiger partial charge on any atom is -0.492 e. The summed E-state index contributed by atoms with van der Waals surface area (Å²) in [5.41, 5.74) is 1.92. The summed E-state index contributed by atoms with van der Waals surface area (Å²) < 4.78 is 5.45. The molecule has 0 atom stereocenters. The number of H-pyrrole nitrogens is 1. The van der Waals surface area contributed by atoms with Gasteiger partial charge in [0.15, 0.2) is 0 Å². The lowest BCUT2D eigenvalue weighted by Gasteiger charge is -2.10. The number of aromatic nitrogens is 2. The standard InChI is InChI=1S/C13H15N3O2/c1-3-18-12-7-5-4-6-11(12)15-13(17)10-8-14-16-9(10)2/h4-8H,3H2,1-2H3,(H,14,16)(H,15,17). The van der Waals surface area contributed by atoms with Gasteiger partial charge in [0.2, 0.25) is 0 Å². The van der Waals surface area contributed by atoms with Crippen LogP contribution in [0.15, 0.2) is 30.5 Å². The summed E-state index contributed by atoms with van der Waals surface area (Å²) >= 11 is 0. The molecule has 0 saturated heterocycles. The Morgan fingerprint density at radius 1 is 1.44 bits per heavy atom. The van der Waals surface area contributed by atoms with Crippen molar-refractivity contribution in [3.05, 3.63) is 41.7 Å². The molecule has 0 radical (unpaired) electrons. The van der Waals surface area contributed by atoms with Crippen molar-refractivity contribution < 1.29 is 9.53 Å². The van der Waals surface area contributed by atoms with Crippen LogP contribution in [0.2, 0.25) is 0 Å². The van der Waals surface area contributed by atoms with E-state index in [2.05, 4.69) is 15.5 Å². The maximum Gasteiger partial charge on any atom is 0.259 e. The van der Waals surface area contributed by atoms with Crippen molar-refractivity contribution in [1.82, 2.24) is 10.2 Å². The quantitative estimate of drug-likeness (QED) is 0.869. The maximum absolute atomic E-state index is 12.0. The SMILES string of the molecule is CCOc1ccccc1NC(=O)c1cn[nH]c1C. The van der Waals surface area contributed by atoms with Crippen LogP contribution in [0.1, 0.15) is 23.0 Å². The Morgan fingerprint density at radius 2 is 2.22 bits per heavy atom. The summed E-state index contributed by atoms with van der Waals surface area (Å²) in [6.45, 7) is 4.26. The van der Waals surface area contributed by atoms with Gasteiger partial charge < -0.3 is 10.1 Å². The fraction of sp³-hybridized carbons (Fsp3) is 0.231. The molecular weight excluding hydrogens is 230 g/mol. The number of hydrogen-bond donors (Lipinski definition) is 2. The molecular formula is C13H15N3O2. The third-order valence-corrected chi connectivity index (χ3v) is 2.51. The minimum atomic E-state index is -0.201. The van der Waals surface area contributed by atoms with Gasteiger partial charge >= 0.3 is 0 Å². The molecule has 5 nitrogen and oxygen atoms in total. The highest BCUT2D eigenvalue weighted by molar-refractivity contribution is 6.05. The lowest BCUT2D eigenvalue weighted by atomic mass is 10.2. The number of aromatic amines is 1. The molecule has 94 valence electrons. The number of nitrogens with one attached hydrogen (secondary N) is 2. The Balaban J connectivity index is 2.19. The van der Waals surface area contributed by atoms with Crippen molar-refractivity contribution in [3.8, 4) is 5.75 Å². The molecule has 0 bridgehead atoms. The number of amides is 1. The summed E-state index contributed by atoms with van der Waals surface area (Å²) in [6, 6.07) is 7.34. The van der Waals surface area contributed by atoms with Gasteiger partial charge in [0.1, 0.15) is 5.75 Å². The molecule has 0 aliphatic carbocycles. The molecule has 0 saturated carbocycles. The summed E-state index contributed by atoms with van der Waals surface area (Å²) in [6.07, 6.45) is 1.51. The number of carbonyl (C=O) groups excluding carboxylic acids is 1. The van der Waals surface area contributed by atoms with E-state index in [1.807, 2.05) is 25.1 Å². The lowest BCUT2D eigenvalue weighted by Crippen LogP contribution is -2.13. The van der Waals surface area contributed by atoms with Crippen LogP contribution in [-0.4, -0.2) is 22.7 Å². The van der Waals surface area contributed by atoms with E-state index in [9.17, 15) is 4.79 Å². The van der Waals surface area contributed by atoms with Gasteiger partial charge in [-0.1, -0.05) is 12.1 Å². The van der Waals surface area contributed by atoms with Gasteiger partial charge in [-0.2, -0.15) is 5.10 Å². The first kappa shape index (κ1) is 12.2. The lowest BCUT2D eigenvalue weighted by molar-refractivity contribution is 0.102. The van der Waals surface area contributed by atoms with Crippen LogP contribution < -0.4 is 10.1 Å². The van der Waals surface area contributed by atoms with Crippen molar-refractivity contribution in [2.75, 3.05) is 11.9 Å². The monoisotopic (exact) mass is 245 g/mol. The van der Waals surface area contributed by atoms with E-state index in [4.69, 9.17) is 4.74 Å². The number of nitrogens with zero attached hydrogens (tertiary/aromatic N) is 1. The molecule has 2 rings (SSSR count). The minimum absolute atomic E-state index is 0.201. The van der Waals surface area contributed by atoms with Gasteiger partial charge in [-0.05, 0) is 26.0 Å². The van der Waals surface area contributed by atoms with E-state index in [-0.39, 0.29) is 5.91 Å². The number of para-hydroxylation sites is 2. The van der Waals surface area contributed by atoms with Crippen LogP contribution in [0.25, 0.3) is 0 Å². The van der Waals surface area contributed by atoms with E-state index in [1.54, 1.807) is 13.0 Å². The Bertz CT molecular complexity index is 549. The van der Waals surface area contributed by atoms with Crippen molar-refractivity contribution in [3.63, 3.8) is 0 Å². The Labute approximate surface area is 105 Å². The molecule has 0 unspecified atom stereocenters. The average Bonchev–Trinajstić information content (AvgIpc) is 2.78. The van der Waals surface area contributed by atoms with Crippen LogP contribution >= 0.6 is 0 Å². The largest absolute Gasteiger partial charge is 0.492 e. The molecule has 0 aliphatic rings. The highest BCUT2D eigenvalue weighted by Gasteiger charge is 2.12. The zero-order valence-corrected chi connectivity index (χ0v) is 10.4. The van der Waals surface area contributed by atoms with Crippen LogP contribution in [0.3, 0.4) is 0 Å². The van der Waals surface area contributed by atoms with E-state index in [0.717, 1.165) is 5.69 Å². The molecule has 2 N–H and O–H groups in total. The number of anilines is 1. The van der Waals surface area contributed by atoms with Crippen LogP contribution in [-0.2, 0) is 0 Å². The van der Waals surface area contributed by atoms with Gasteiger partial charge in [0.25, 0.3) is 5.91 Å². The molecule has 0 fully saturated rings. The van der Waals surface area contributed by atoms with E-state index >= 15 is 0 Å². The predicted octanol–water partition coefficient (Wildman–Crippen LogP) is 2.37. The van der Waals surface area contributed by atoms with E-state index in [1.165, 1.54) is 6.20 Å². The van der Waals surface area contributed by atoms with Crippen molar-refractivity contribution in [2.45, 2.75) is 13.8 Å². The van der Waals surface area contributed by atoms with Gasteiger partial charge in [-0.15, -0.1) is 0 Å². The van der Waals surface area contributed by atoms with E-state index < -0.39 is 0 Å². The van der Waals surface area contributed by atoms with E-state index in [0.29, 0.717) is 23.6 Å². The van der Waals surface area contributed by atoms with Crippen molar-refractivity contribution >= 4 is 11.6 Å². The number of carbonyl (C=O) groups is 1. The highest BCUT2D eigenvalue weighted by atomic mass is 16.5. The first-order chi connectivity index (χ1) is 8.72. The second-order valence-corrected chi connectivity index (χ2v) is 3.79. The zero-order valence-electron chi connectivity index (χ0n) is 10.4. The van der Waals surface area contributed by atoms with Crippen molar-refractivity contribution in [1.29, 1.82) is 0 Å². The summed E-state index contributed by atoms with van der Waals surface area (Å²) in [4.78, 5) is 12.0. The van der Waals surface area contributed by atoms with Gasteiger partial charge in [-0.3, -0.25) is 9.89 Å². The smallest absolute Gasteiger partial charge is 0.259 e. The molecule has 18 heavy (non-hydrogen) atoms. The molecule has 0 spiro atoms. The zero-order chi connectivity index (χ0) is 13.0. The maximum atomic E-state index is 12.0. The van der Waals surface area contributed by atoms with Crippen LogP contribution in [0.4, 0.5) is 5.69 Å². The normalized spacial score (nSPS) is 10.1. The number of rotatable bonds is 4. The molecule has 1 heterocycles.